The molecule has 0 atom stereocenters. The molecule has 1 aromatic rings. The highest BCUT2D eigenvalue weighted by atomic mass is 35.5. The predicted octanol–water partition coefficient (Wildman–Crippen LogP) is 4.65. The van der Waals surface area contributed by atoms with Gasteiger partial charge in [0.05, 0.1) is 11.5 Å². The van der Waals surface area contributed by atoms with Gasteiger partial charge < -0.3 is 9.90 Å². The van der Waals surface area contributed by atoms with Gasteiger partial charge in [-0.05, 0) is 49.6 Å². The number of carboxylic acid groups (broad SMARTS) is 1. The van der Waals surface area contributed by atoms with Gasteiger partial charge in [0.15, 0.2) is 5.78 Å². The Hall–Kier alpha value is -1.26. The van der Waals surface area contributed by atoms with E-state index in [9.17, 15) is 14.7 Å². The van der Waals surface area contributed by atoms with Gasteiger partial charge in [0.25, 0.3) is 0 Å². The smallest absolute Gasteiger partial charge is 0.192 e. The number of Topliss-reactive ketones (excluding diaryl/α,β-unsaturated/α-hetero) is 1. The van der Waals surface area contributed by atoms with Crippen LogP contribution in [0.1, 0.15) is 26.3 Å². The summed E-state index contributed by atoms with van der Waals surface area (Å²) >= 11 is 23.6. The van der Waals surface area contributed by atoms with Gasteiger partial charge in [-0.15, -0.1) is 0 Å². The van der Waals surface area contributed by atoms with Crippen LogP contribution >= 0.6 is 46.4 Å². The SMILES string of the molecule is C/C(C(=O)C(=C(Cl)Cl)c1ccc(Cl)cc1)=C(C)/C(Cl)=C(\C)C(=O)[O-]. The fourth-order valence-electron chi connectivity index (χ4n) is 1.84. The molecule has 0 aliphatic carbocycles. The van der Waals surface area contributed by atoms with Crippen molar-refractivity contribution in [3.8, 4) is 0 Å². The average molecular weight is 407 g/mol. The molecule has 0 aliphatic rings. The monoisotopic (exact) mass is 405 g/mol. The van der Waals surface area contributed by atoms with E-state index in [1.54, 1.807) is 24.3 Å². The molecule has 0 radical (unpaired) electrons. The van der Waals surface area contributed by atoms with Gasteiger partial charge in [-0.2, -0.15) is 0 Å². The number of benzene rings is 1. The topological polar surface area (TPSA) is 57.2 Å². The summed E-state index contributed by atoms with van der Waals surface area (Å²) in [5, 5.41) is 11.3. The standard InChI is InChI=1S/C17H14Cl4O3/c1-8(14(19)10(3)17(23)24)9(2)15(22)13(16(20)21)11-4-6-12(18)7-5-11/h4-7H,1-3H3,(H,23,24)/p-1/b9-8-,14-10-. The molecular weight excluding hydrogens is 394 g/mol. The van der Waals surface area contributed by atoms with E-state index in [2.05, 4.69) is 0 Å². The van der Waals surface area contributed by atoms with Gasteiger partial charge in [-0.3, -0.25) is 4.79 Å². The minimum atomic E-state index is -1.41. The van der Waals surface area contributed by atoms with Crippen molar-refractivity contribution < 1.29 is 14.7 Å². The Balaban J connectivity index is 3.43. The van der Waals surface area contributed by atoms with E-state index in [0.717, 1.165) is 0 Å². The maximum atomic E-state index is 12.7. The van der Waals surface area contributed by atoms with Crippen LogP contribution in [0.25, 0.3) is 5.57 Å². The van der Waals surface area contributed by atoms with Crippen molar-refractivity contribution in [1.29, 1.82) is 0 Å². The first-order chi connectivity index (χ1) is 11.1. The Labute approximate surface area is 160 Å². The van der Waals surface area contributed by atoms with Crippen molar-refractivity contribution in [1.82, 2.24) is 0 Å². The summed E-state index contributed by atoms with van der Waals surface area (Å²) in [6.45, 7) is 4.34. The van der Waals surface area contributed by atoms with Crippen LogP contribution in [0.2, 0.25) is 5.02 Å². The lowest BCUT2D eigenvalue weighted by Crippen LogP contribution is -2.24. The van der Waals surface area contributed by atoms with Crippen molar-refractivity contribution in [3.63, 3.8) is 0 Å². The summed E-state index contributed by atoms with van der Waals surface area (Å²) < 4.78 is -0.216. The van der Waals surface area contributed by atoms with Crippen LogP contribution in [-0.4, -0.2) is 11.8 Å². The highest BCUT2D eigenvalue weighted by molar-refractivity contribution is 6.62. The Morgan fingerprint density at radius 1 is 0.875 bits per heavy atom. The number of hydrogen-bond acceptors (Lipinski definition) is 3. The molecule has 24 heavy (non-hydrogen) atoms. The minimum absolute atomic E-state index is 0.0676. The number of carbonyl (C=O) groups is 2. The van der Waals surface area contributed by atoms with Crippen LogP contribution in [0.4, 0.5) is 0 Å². The molecular formula is C17H13Cl4O3-. The zero-order valence-corrected chi connectivity index (χ0v) is 16.1. The minimum Gasteiger partial charge on any atom is -0.545 e. The third kappa shape index (κ3) is 4.87. The molecule has 0 amide bonds. The first-order valence-corrected chi connectivity index (χ1v) is 8.20. The molecule has 0 unspecified atom stereocenters. The number of aliphatic carboxylic acids is 1. The first-order valence-electron chi connectivity index (χ1n) is 6.69. The lowest BCUT2D eigenvalue weighted by Gasteiger charge is -2.13. The van der Waals surface area contributed by atoms with E-state index in [4.69, 9.17) is 46.4 Å². The largest absolute Gasteiger partial charge is 0.545 e. The summed E-state index contributed by atoms with van der Waals surface area (Å²) in [4.78, 5) is 23.7. The molecule has 0 bridgehead atoms. The zero-order chi connectivity index (χ0) is 18.6. The second-order valence-corrected chi connectivity index (χ2v) is 6.71. The zero-order valence-electron chi connectivity index (χ0n) is 13.0. The number of rotatable bonds is 5. The Morgan fingerprint density at radius 3 is 1.79 bits per heavy atom. The lowest BCUT2D eigenvalue weighted by atomic mass is 9.95. The number of ketones is 1. The molecule has 1 rings (SSSR count). The highest BCUT2D eigenvalue weighted by Gasteiger charge is 2.20. The van der Waals surface area contributed by atoms with Crippen LogP contribution in [0.15, 0.2) is 50.5 Å². The first kappa shape index (κ1) is 20.8. The molecule has 0 fully saturated rings. The summed E-state index contributed by atoms with van der Waals surface area (Å²) in [6, 6.07) is 6.40. The molecule has 7 heteroatoms. The maximum Gasteiger partial charge on any atom is 0.192 e. The molecule has 0 aliphatic heterocycles. The molecule has 0 saturated heterocycles. The molecule has 0 spiro atoms. The van der Waals surface area contributed by atoms with E-state index in [1.165, 1.54) is 20.8 Å². The van der Waals surface area contributed by atoms with Crippen LogP contribution in [0.5, 0.6) is 0 Å². The van der Waals surface area contributed by atoms with Gasteiger partial charge in [0, 0.05) is 15.6 Å². The van der Waals surface area contributed by atoms with E-state index in [-0.39, 0.29) is 26.2 Å². The van der Waals surface area contributed by atoms with Gasteiger partial charge >= 0.3 is 0 Å². The van der Waals surface area contributed by atoms with Crippen molar-refractivity contribution in [2.45, 2.75) is 20.8 Å². The second-order valence-electron chi connectivity index (χ2n) is 4.95. The second kappa shape index (κ2) is 8.72. The van der Waals surface area contributed by atoms with Crippen molar-refractivity contribution in [2.75, 3.05) is 0 Å². The molecule has 0 N–H and O–H groups in total. The summed E-state index contributed by atoms with van der Waals surface area (Å²) in [7, 11) is 0. The number of carboxylic acids is 1. The molecule has 0 saturated carbocycles. The number of halogens is 4. The number of hydrogen-bond donors (Lipinski definition) is 0. The van der Waals surface area contributed by atoms with E-state index < -0.39 is 11.8 Å². The summed E-state index contributed by atoms with van der Waals surface area (Å²) in [5.74, 6) is -1.89. The van der Waals surface area contributed by atoms with Crippen LogP contribution in [0, 0.1) is 0 Å². The number of allylic oxidation sites excluding steroid dienone is 4. The Bertz CT molecular complexity index is 768. The van der Waals surface area contributed by atoms with Crippen LogP contribution < -0.4 is 5.11 Å². The normalized spacial score (nSPS) is 13.0. The highest BCUT2D eigenvalue weighted by Crippen LogP contribution is 2.31. The van der Waals surface area contributed by atoms with Gasteiger partial charge in [-0.25, -0.2) is 0 Å². The molecule has 128 valence electrons. The van der Waals surface area contributed by atoms with Crippen molar-refractivity contribution in [3.05, 3.63) is 61.1 Å². The fourth-order valence-corrected chi connectivity index (χ4v) is 2.57. The molecule has 0 aromatic heterocycles. The molecule has 3 nitrogen and oxygen atoms in total. The third-order valence-electron chi connectivity index (χ3n) is 3.42. The lowest BCUT2D eigenvalue weighted by molar-refractivity contribution is -0.299. The van der Waals surface area contributed by atoms with E-state index in [0.29, 0.717) is 16.2 Å². The van der Waals surface area contributed by atoms with Crippen LogP contribution in [-0.2, 0) is 9.59 Å². The quantitative estimate of drug-likeness (QED) is 0.528. The fraction of sp³-hybridized carbons (Fsp3) is 0.176. The van der Waals surface area contributed by atoms with E-state index in [1.807, 2.05) is 0 Å². The van der Waals surface area contributed by atoms with Gasteiger partial charge in [-0.1, -0.05) is 58.5 Å². The van der Waals surface area contributed by atoms with Crippen molar-refractivity contribution in [2.24, 2.45) is 0 Å². The summed E-state index contributed by atoms with van der Waals surface area (Å²) in [6.07, 6.45) is 0. The number of carbonyl (C=O) groups excluding carboxylic acids is 2. The maximum absolute atomic E-state index is 12.7. The van der Waals surface area contributed by atoms with E-state index >= 15 is 0 Å². The van der Waals surface area contributed by atoms with Crippen LogP contribution in [0.3, 0.4) is 0 Å². The Kier molecular flexibility index (Phi) is 7.56. The van der Waals surface area contributed by atoms with Gasteiger partial charge in [0.1, 0.15) is 4.49 Å². The molecule has 1 aromatic carbocycles. The Morgan fingerprint density at radius 2 is 1.38 bits per heavy atom. The molecule has 0 heterocycles. The third-order valence-corrected chi connectivity index (χ3v) is 4.61. The predicted molar refractivity (Wildman–Crippen MR) is 97.0 cm³/mol. The van der Waals surface area contributed by atoms with Gasteiger partial charge in [0.2, 0.25) is 0 Å². The average Bonchev–Trinajstić information content (AvgIpc) is 2.53. The summed E-state index contributed by atoms with van der Waals surface area (Å²) in [5.41, 5.74) is 0.889. The van der Waals surface area contributed by atoms with Crippen molar-refractivity contribution >= 4 is 63.7 Å².